The standard InChI is InChI=1S/C21H24FN3O5S/c1-23(2)21(27)13-30-19-7-6-16(9-17(19)22)31(28,29)24-10-14-8-15(12-24)18-4-3-5-20(26)25(18)11-14/h3-7,9,14-15H,8,10-13H2,1-2H3. The summed E-state index contributed by atoms with van der Waals surface area (Å²) in [4.78, 5) is 24.9. The molecular weight excluding hydrogens is 425 g/mol. The van der Waals surface area contributed by atoms with Gasteiger partial charge in [-0.25, -0.2) is 12.8 Å². The molecule has 166 valence electrons. The number of rotatable bonds is 5. The molecule has 1 saturated heterocycles. The summed E-state index contributed by atoms with van der Waals surface area (Å²) < 4.78 is 49.2. The summed E-state index contributed by atoms with van der Waals surface area (Å²) in [7, 11) is -0.813. The van der Waals surface area contributed by atoms with Crippen molar-refractivity contribution in [2.45, 2.75) is 23.8 Å². The van der Waals surface area contributed by atoms with Crippen molar-refractivity contribution in [1.82, 2.24) is 13.8 Å². The predicted octanol–water partition coefficient (Wildman–Crippen LogP) is 1.26. The summed E-state index contributed by atoms with van der Waals surface area (Å²) in [6, 6.07) is 8.50. The second kappa shape index (κ2) is 8.08. The molecule has 0 saturated carbocycles. The molecule has 10 heteroatoms. The fourth-order valence-electron chi connectivity index (χ4n) is 4.23. The Morgan fingerprint density at radius 1 is 1.19 bits per heavy atom. The number of carbonyl (C=O) groups is 1. The molecule has 3 heterocycles. The first-order chi connectivity index (χ1) is 14.7. The summed E-state index contributed by atoms with van der Waals surface area (Å²) in [5.41, 5.74) is 0.762. The van der Waals surface area contributed by atoms with Crippen LogP contribution in [0.4, 0.5) is 4.39 Å². The zero-order valence-corrected chi connectivity index (χ0v) is 18.1. The van der Waals surface area contributed by atoms with Crippen LogP contribution < -0.4 is 10.3 Å². The molecule has 0 radical (unpaired) electrons. The molecule has 0 N–H and O–H groups in total. The molecule has 0 aliphatic carbocycles. The van der Waals surface area contributed by atoms with Crippen LogP contribution in [0.1, 0.15) is 18.0 Å². The Hall–Kier alpha value is -2.72. The minimum absolute atomic E-state index is 0.0191. The number of hydrogen-bond acceptors (Lipinski definition) is 5. The van der Waals surface area contributed by atoms with E-state index in [0.29, 0.717) is 6.54 Å². The first-order valence-corrected chi connectivity index (χ1v) is 11.4. The lowest BCUT2D eigenvalue weighted by Gasteiger charge is -2.42. The monoisotopic (exact) mass is 449 g/mol. The van der Waals surface area contributed by atoms with Crippen molar-refractivity contribution in [3.63, 3.8) is 0 Å². The van der Waals surface area contributed by atoms with Crippen LogP contribution in [0.2, 0.25) is 0 Å². The smallest absolute Gasteiger partial charge is 0.259 e. The number of likely N-dealkylation sites (N-methyl/N-ethyl adjacent to an activating group) is 1. The molecule has 1 aromatic carbocycles. The lowest BCUT2D eigenvalue weighted by Crippen LogP contribution is -2.49. The zero-order valence-electron chi connectivity index (χ0n) is 17.3. The first kappa shape index (κ1) is 21.5. The summed E-state index contributed by atoms with van der Waals surface area (Å²) in [6.07, 6.45) is 0.816. The van der Waals surface area contributed by atoms with Crippen LogP contribution in [0.3, 0.4) is 0 Å². The maximum absolute atomic E-state index is 14.5. The van der Waals surface area contributed by atoms with Gasteiger partial charge in [0, 0.05) is 51.4 Å². The highest BCUT2D eigenvalue weighted by Gasteiger charge is 2.39. The Kier molecular flexibility index (Phi) is 5.61. The van der Waals surface area contributed by atoms with Crippen molar-refractivity contribution in [2.24, 2.45) is 5.92 Å². The summed E-state index contributed by atoms with van der Waals surface area (Å²) in [5.74, 6) is -1.43. The molecule has 1 fully saturated rings. The SMILES string of the molecule is CN(C)C(=O)COc1ccc(S(=O)(=O)N2CC3CC(C2)c2cccc(=O)n2C3)cc1F. The number of pyridine rings is 1. The number of hydrogen-bond donors (Lipinski definition) is 0. The quantitative estimate of drug-likeness (QED) is 0.686. The van der Waals surface area contributed by atoms with Gasteiger partial charge < -0.3 is 14.2 Å². The van der Waals surface area contributed by atoms with E-state index in [1.807, 2.05) is 6.07 Å². The molecule has 1 amide bonds. The van der Waals surface area contributed by atoms with Crippen LogP contribution in [0, 0.1) is 11.7 Å². The van der Waals surface area contributed by atoms with Crippen LogP contribution >= 0.6 is 0 Å². The molecule has 2 unspecified atom stereocenters. The van der Waals surface area contributed by atoms with Gasteiger partial charge in [-0.1, -0.05) is 6.07 Å². The van der Waals surface area contributed by atoms with Gasteiger partial charge >= 0.3 is 0 Å². The van der Waals surface area contributed by atoms with E-state index in [2.05, 4.69) is 0 Å². The molecule has 4 rings (SSSR count). The number of nitrogens with zero attached hydrogens (tertiary/aromatic N) is 3. The molecule has 8 nitrogen and oxygen atoms in total. The molecule has 2 aliphatic heterocycles. The minimum atomic E-state index is -3.93. The molecule has 2 bridgehead atoms. The number of fused-ring (bicyclic) bond motifs is 4. The minimum Gasteiger partial charge on any atom is -0.481 e. The van der Waals surface area contributed by atoms with Crippen molar-refractivity contribution < 1.29 is 22.3 Å². The molecular formula is C21H24FN3O5S. The van der Waals surface area contributed by atoms with Crippen LogP contribution in [0.25, 0.3) is 0 Å². The third-order valence-corrected chi connectivity index (χ3v) is 7.66. The summed E-state index contributed by atoms with van der Waals surface area (Å²) in [5, 5.41) is 0. The average Bonchev–Trinajstić information content (AvgIpc) is 2.73. The lowest BCUT2D eigenvalue weighted by atomic mass is 9.84. The Labute approximate surface area is 179 Å². The third-order valence-electron chi connectivity index (χ3n) is 5.84. The maximum Gasteiger partial charge on any atom is 0.259 e. The Bertz CT molecular complexity index is 1180. The normalized spacial score (nSPS) is 20.7. The Morgan fingerprint density at radius 2 is 1.97 bits per heavy atom. The maximum atomic E-state index is 14.5. The number of benzene rings is 1. The van der Waals surface area contributed by atoms with E-state index in [0.717, 1.165) is 18.2 Å². The average molecular weight is 450 g/mol. The number of ether oxygens (including phenoxy) is 1. The van der Waals surface area contributed by atoms with Crippen molar-refractivity contribution in [3.8, 4) is 5.75 Å². The van der Waals surface area contributed by atoms with Crippen LogP contribution in [0.15, 0.2) is 46.1 Å². The van der Waals surface area contributed by atoms with Gasteiger partial charge in [-0.2, -0.15) is 4.31 Å². The van der Waals surface area contributed by atoms with Crippen molar-refractivity contribution in [1.29, 1.82) is 0 Å². The second-order valence-electron chi connectivity index (χ2n) is 8.19. The van der Waals surface area contributed by atoms with Gasteiger partial charge in [-0.05, 0) is 36.6 Å². The molecule has 1 aromatic heterocycles. The zero-order chi connectivity index (χ0) is 22.3. The van der Waals surface area contributed by atoms with Gasteiger partial charge in [-0.15, -0.1) is 0 Å². The Morgan fingerprint density at radius 3 is 2.68 bits per heavy atom. The van der Waals surface area contributed by atoms with Gasteiger partial charge in [0.1, 0.15) is 0 Å². The first-order valence-electron chi connectivity index (χ1n) is 9.99. The van der Waals surface area contributed by atoms with Gasteiger partial charge in [0.25, 0.3) is 11.5 Å². The van der Waals surface area contributed by atoms with E-state index in [4.69, 9.17) is 4.74 Å². The van der Waals surface area contributed by atoms with Gasteiger partial charge in [-0.3, -0.25) is 9.59 Å². The number of carbonyl (C=O) groups excluding carboxylic acids is 1. The van der Waals surface area contributed by atoms with Gasteiger partial charge in [0.2, 0.25) is 10.0 Å². The molecule has 2 aromatic rings. The summed E-state index contributed by atoms with van der Waals surface area (Å²) >= 11 is 0. The highest BCUT2D eigenvalue weighted by molar-refractivity contribution is 7.89. The highest BCUT2D eigenvalue weighted by Crippen LogP contribution is 2.37. The molecule has 2 atom stereocenters. The van der Waals surface area contributed by atoms with Crippen molar-refractivity contribution in [2.75, 3.05) is 33.8 Å². The van der Waals surface area contributed by atoms with Crippen LogP contribution in [0.5, 0.6) is 5.75 Å². The van der Waals surface area contributed by atoms with Gasteiger partial charge in [0.15, 0.2) is 18.2 Å². The lowest BCUT2D eigenvalue weighted by molar-refractivity contribution is -0.130. The van der Waals surface area contributed by atoms with E-state index < -0.39 is 15.8 Å². The summed E-state index contributed by atoms with van der Waals surface area (Å²) in [6.45, 7) is 0.638. The molecule has 31 heavy (non-hydrogen) atoms. The van der Waals surface area contributed by atoms with Crippen LogP contribution in [-0.4, -0.2) is 61.9 Å². The van der Waals surface area contributed by atoms with Crippen LogP contribution in [-0.2, 0) is 21.4 Å². The fourth-order valence-corrected chi connectivity index (χ4v) is 5.80. The van der Waals surface area contributed by atoms with E-state index in [9.17, 15) is 22.4 Å². The topological polar surface area (TPSA) is 88.9 Å². The third kappa shape index (κ3) is 4.09. The van der Waals surface area contributed by atoms with Gasteiger partial charge in [0.05, 0.1) is 4.90 Å². The molecule has 2 aliphatic rings. The number of piperidine rings is 1. The predicted molar refractivity (Wildman–Crippen MR) is 111 cm³/mol. The van der Waals surface area contributed by atoms with E-state index >= 15 is 0 Å². The van der Waals surface area contributed by atoms with Crippen molar-refractivity contribution in [3.05, 3.63) is 58.3 Å². The number of halogens is 1. The number of sulfonamides is 1. The van der Waals surface area contributed by atoms with Crippen molar-refractivity contribution >= 4 is 15.9 Å². The number of amides is 1. The number of aromatic nitrogens is 1. The van der Waals surface area contributed by atoms with E-state index in [1.54, 1.807) is 24.7 Å². The second-order valence-corrected chi connectivity index (χ2v) is 10.1. The van der Waals surface area contributed by atoms with E-state index in [-0.39, 0.29) is 53.6 Å². The largest absolute Gasteiger partial charge is 0.481 e. The van der Waals surface area contributed by atoms with E-state index in [1.165, 1.54) is 27.4 Å². The fraction of sp³-hybridized carbons (Fsp3) is 0.429. The molecule has 0 spiro atoms. The Balaban J connectivity index is 1.55. The highest BCUT2D eigenvalue weighted by atomic mass is 32.2.